The number of aromatic hydroxyl groups is 4. The Balaban J connectivity index is 1.53. The molecule has 5 N–H and O–H groups in total. The number of rotatable bonds is 7. The van der Waals surface area contributed by atoms with Crippen LogP contribution in [0.3, 0.4) is 0 Å². The first kappa shape index (κ1) is 27.2. The largest absolute Gasteiger partial charge is 0.508 e. The highest BCUT2D eigenvalue weighted by atomic mass is 16.5. The van der Waals surface area contributed by atoms with Crippen LogP contribution in [0.2, 0.25) is 0 Å². The van der Waals surface area contributed by atoms with Crippen LogP contribution in [-0.2, 0) is 24.0 Å². The molecule has 1 aliphatic carbocycles. The maximum atomic E-state index is 11.9. The summed E-state index contributed by atoms with van der Waals surface area (Å²) >= 11 is 0. The molecular formula is C36H32O6. The first-order chi connectivity index (χ1) is 20.3. The molecule has 6 heteroatoms. The minimum Gasteiger partial charge on any atom is -0.508 e. The van der Waals surface area contributed by atoms with Crippen LogP contribution in [0, 0.1) is 0 Å². The number of fused-ring (bicyclic) bond motifs is 3. The summed E-state index contributed by atoms with van der Waals surface area (Å²) < 4.78 is 6.07. The van der Waals surface area contributed by atoms with E-state index in [1.807, 2.05) is 54.6 Å². The highest BCUT2D eigenvalue weighted by Gasteiger charge is 2.36. The van der Waals surface area contributed by atoms with Gasteiger partial charge in [-0.1, -0.05) is 48.5 Å². The predicted octanol–water partition coefficient (Wildman–Crippen LogP) is 6.55. The number of hydrogen-bond donors (Lipinski definition) is 5. The normalized spacial score (nSPS) is 16.4. The molecule has 0 heterocycles. The van der Waals surface area contributed by atoms with E-state index in [1.165, 1.54) is 0 Å². The van der Waals surface area contributed by atoms with E-state index >= 15 is 0 Å². The highest BCUT2D eigenvalue weighted by molar-refractivity contribution is 5.97. The zero-order valence-corrected chi connectivity index (χ0v) is 23.2. The van der Waals surface area contributed by atoms with Gasteiger partial charge < -0.3 is 30.3 Å². The molecule has 0 amide bonds. The number of ether oxygens (including phenoxy) is 1. The van der Waals surface area contributed by atoms with Gasteiger partial charge in [-0.3, -0.25) is 0 Å². The van der Waals surface area contributed by atoms with Gasteiger partial charge in [-0.2, -0.15) is 0 Å². The molecule has 0 spiro atoms. The van der Waals surface area contributed by atoms with Crippen LogP contribution in [0.5, 0.6) is 23.0 Å². The quantitative estimate of drug-likeness (QED) is 0.154. The summed E-state index contributed by atoms with van der Waals surface area (Å²) in [4.78, 5) is 0. The van der Waals surface area contributed by atoms with Gasteiger partial charge in [0.05, 0.1) is 13.2 Å². The monoisotopic (exact) mass is 560 g/mol. The second kappa shape index (κ2) is 11.1. The van der Waals surface area contributed by atoms with Gasteiger partial charge in [-0.25, -0.2) is 0 Å². The molecule has 5 aromatic carbocycles. The Morgan fingerprint density at radius 1 is 0.643 bits per heavy atom. The summed E-state index contributed by atoms with van der Waals surface area (Å²) in [5, 5.41) is 54.0. The molecule has 42 heavy (non-hydrogen) atoms. The second-order valence-electron chi connectivity index (χ2n) is 10.9. The fourth-order valence-corrected chi connectivity index (χ4v) is 6.03. The molecule has 0 aromatic heterocycles. The standard InChI is InChI=1S/C36H32O6/c1-42-36-32(18-23-6-13-28(39)14-7-23)35(41)31(17-22-4-11-27(38)12-5-22)29-15-8-24-20-33(40)25(19-30(24)34(29)36)16-21-2-9-26(37)10-3-21/h2-15,19-20,31,35,37-41H,16-18H2,1H3. The number of aliphatic hydroxyl groups excluding tert-OH is 1. The van der Waals surface area contributed by atoms with Crippen molar-refractivity contribution in [1.82, 2.24) is 0 Å². The molecule has 2 unspecified atom stereocenters. The minimum atomic E-state index is -0.846. The number of aliphatic hydroxyl groups is 1. The lowest BCUT2D eigenvalue weighted by molar-refractivity contribution is 0.167. The third-order valence-corrected chi connectivity index (χ3v) is 8.17. The number of phenolic OH excluding ortho intramolecular Hbond substituents is 4. The SMILES string of the molecule is COC1=C(Cc2ccc(O)cc2)C(O)C(Cc2ccc(O)cc2)c2ccc3cc(O)c(Cc4ccc(O)cc4)cc3c21. The molecule has 0 bridgehead atoms. The molecule has 0 aliphatic heterocycles. The fraction of sp³-hybridized carbons (Fsp3) is 0.167. The maximum Gasteiger partial charge on any atom is 0.129 e. The molecule has 0 saturated carbocycles. The van der Waals surface area contributed by atoms with Gasteiger partial charge in [-0.15, -0.1) is 0 Å². The van der Waals surface area contributed by atoms with Crippen LogP contribution in [-0.4, -0.2) is 38.7 Å². The van der Waals surface area contributed by atoms with E-state index < -0.39 is 6.10 Å². The molecule has 0 saturated heterocycles. The first-order valence-corrected chi connectivity index (χ1v) is 13.9. The predicted molar refractivity (Wildman–Crippen MR) is 163 cm³/mol. The van der Waals surface area contributed by atoms with Crippen molar-refractivity contribution < 1.29 is 30.3 Å². The topological polar surface area (TPSA) is 110 Å². The van der Waals surface area contributed by atoms with Crippen LogP contribution in [0.1, 0.15) is 39.3 Å². The Labute approximate surface area is 244 Å². The molecule has 0 fully saturated rings. The van der Waals surface area contributed by atoms with Crippen LogP contribution in [0.25, 0.3) is 16.5 Å². The van der Waals surface area contributed by atoms with E-state index in [0.717, 1.165) is 49.7 Å². The summed E-state index contributed by atoms with van der Waals surface area (Å²) in [7, 11) is 1.61. The maximum absolute atomic E-state index is 11.9. The molecule has 5 aromatic rings. The van der Waals surface area contributed by atoms with Crippen molar-refractivity contribution in [2.24, 2.45) is 0 Å². The van der Waals surface area contributed by atoms with E-state index in [9.17, 15) is 25.5 Å². The summed E-state index contributed by atoms with van der Waals surface area (Å²) in [5.41, 5.74) is 6.14. The Morgan fingerprint density at radius 2 is 1.19 bits per heavy atom. The van der Waals surface area contributed by atoms with Crippen molar-refractivity contribution in [3.63, 3.8) is 0 Å². The molecule has 1 aliphatic rings. The van der Waals surface area contributed by atoms with Crippen molar-refractivity contribution in [3.8, 4) is 23.0 Å². The van der Waals surface area contributed by atoms with E-state index in [2.05, 4.69) is 0 Å². The van der Waals surface area contributed by atoms with Crippen LogP contribution >= 0.6 is 0 Å². The van der Waals surface area contributed by atoms with Gasteiger partial charge in [0, 0.05) is 23.5 Å². The molecular weight excluding hydrogens is 528 g/mol. The molecule has 0 radical (unpaired) electrons. The number of hydrogen-bond acceptors (Lipinski definition) is 6. The molecule has 2 atom stereocenters. The van der Waals surface area contributed by atoms with Gasteiger partial charge in [0.1, 0.15) is 28.8 Å². The van der Waals surface area contributed by atoms with E-state index in [-0.39, 0.29) is 28.9 Å². The Hall–Kier alpha value is -4.94. The van der Waals surface area contributed by atoms with Crippen molar-refractivity contribution in [2.75, 3.05) is 7.11 Å². The second-order valence-corrected chi connectivity index (χ2v) is 10.9. The Bertz CT molecular complexity index is 1770. The zero-order chi connectivity index (χ0) is 29.4. The summed E-state index contributed by atoms with van der Waals surface area (Å²) in [6.07, 6.45) is 0.581. The van der Waals surface area contributed by atoms with Crippen molar-refractivity contribution in [3.05, 3.63) is 136 Å². The number of phenols is 4. The number of methoxy groups -OCH3 is 1. The highest BCUT2D eigenvalue weighted by Crippen LogP contribution is 2.46. The van der Waals surface area contributed by atoms with Crippen molar-refractivity contribution in [1.29, 1.82) is 0 Å². The lowest BCUT2D eigenvalue weighted by Crippen LogP contribution is -2.30. The molecule has 6 nitrogen and oxygen atoms in total. The lowest BCUT2D eigenvalue weighted by Gasteiger charge is -2.35. The van der Waals surface area contributed by atoms with Gasteiger partial charge in [0.2, 0.25) is 0 Å². The zero-order valence-electron chi connectivity index (χ0n) is 23.2. The van der Waals surface area contributed by atoms with E-state index in [1.54, 1.807) is 49.6 Å². The summed E-state index contributed by atoms with van der Waals surface area (Å²) in [5.74, 6) is 1.02. The first-order valence-electron chi connectivity index (χ1n) is 13.9. The van der Waals surface area contributed by atoms with Gasteiger partial charge in [-0.05, 0) is 100.0 Å². The van der Waals surface area contributed by atoms with Crippen LogP contribution in [0.4, 0.5) is 0 Å². The third-order valence-electron chi connectivity index (χ3n) is 8.17. The number of benzene rings is 5. The van der Waals surface area contributed by atoms with E-state index in [0.29, 0.717) is 25.0 Å². The smallest absolute Gasteiger partial charge is 0.129 e. The van der Waals surface area contributed by atoms with Crippen molar-refractivity contribution in [2.45, 2.75) is 31.3 Å². The third kappa shape index (κ3) is 5.24. The average molecular weight is 561 g/mol. The fourth-order valence-electron chi connectivity index (χ4n) is 6.03. The minimum absolute atomic E-state index is 0.173. The van der Waals surface area contributed by atoms with Crippen molar-refractivity contribution >= 4 is 16.5 Å². The van der Waals surface area contributed by atoms with Gasteiger partial charge >= 0.3 is 0 Å². The Morgan fingerprint density at radius 3 is 1.76 bits per heavy atom. The van der Waals surface area contributed by atoms with Gasteiger partial charge in [0.25, 0.3) is 0 Å². The summed E-state index contributed by atoms with van der Waals surface area (Å²) in [6.45, 7) is 0. The van der Waals surface area contributed by atoms with Crippen LogP contribution in [0.15, 0.2) is 103 Å². The molecule has 6 rings (SSSR count). The van der Waals surface area contributed by atoms with Gasteiger partial charge in [0.15, 0.2) is 0 Å². The average Bonchev–Trinajstić information content (AvgIpc) is 2.99. The lowest BCUT2D eigenvalue weighted by atomic mass is 9.74. The summed E-state index contributed by atoms with van der Waals surface area (Å²) in [6, 6.07) is 28.6. The molecule has 212 valence electrons. The Kier molecular flexibility index (Phi) is 7.23. The van der Waals surface area contributed by atoms with Crippen LogP contribution < -0.4 is 0 Å². The van der Waals surface area contributed by atoms with E-state index in [4.69, 9.17) is 4.74 Å².